The minimum absolute atomic E-state index is 0. The molecule has 1 saturated heterocycles. The molecule has 1 fully saturated rings. The Bertz CT molecular complexity index is 222. The van der Waals surface area contributed by atoms with Gasteiger partial charge in [0.05, 0.1) is 12.6 Å². The first-order valence-electron chi connectivity index (χ1n) is 4.48. The van der Waals surface area contributed by atoms with Gasteiger partial charge in [-0.15, -0.1) is 24.2 Å². The predicted molar refractivity (Wildman–Crippen MR) is 61.1 cm³/mol. The largest absolute Gasteiger partial charge is 0.465 e. The molecule has 0 aromatic heterocycles. The van der Waals surface area contributed by atoms with Crippen LogP contribution in [0, 0.1) is 0 Å². The van der Waals surface area contributed by atoms with Crippen molar-refractivity contribution in [3.05, 3.63) is 0 Å². The number of halogens is 1. The summed E-state index contributed by atoms with van der Waals surface area (Å²) in [6, 6.07) is -0.172. The summed E-state index contributed by atoms with van der Waals surface area (Å²) >= 11 is 1.67. The first-order chi connectivity index (χ1) is 6.74. The highest BCUT2D eigenvalue weighted by atomic mass is 35.5. The third-order valence-corrected chi connectivity index (χ3v) is 2.68. The first kappa shape index (κ1) is 14.5. The molecule has 0 spiro atoms. The highest BCUT2D eigenvalue weighted by molar-refractivity contribution is 7.99. The Labute approximate surface area is 99.1 Å². The molecule has 1 rings (SSSR count). The van der Waals surface area contributed by atoms with Crippen molar-refractivity contribution in [2.45, 2.75) is 13.0 Å². The lowest BCUT2D eigenvalue weighted by Gasteiger charge is -2.09. The van der Waals surface area contributed by atoms with Gasteiger partial charge >= 0.3 is 5.97 Å². The van der Waals surface area contributed by atoms with Crippen molar-refractivity contribution in [3.8, 4) is 0 Å². The van der Waals surface area contributed by atoms with Crippen molar-refractivity contribution in [1.82, 2.24) is 10.6 Å². The summed E-state index contributed by atoms with van der Waals surface area (Å²) < 4.78 is 4.68. The normalized spacial score (nSPS) is 19.1. The number of rotatable bonds is 4. The zero-order valence-electron chi connectivity index (χ0n) is 8.45. The lowest BCUT2D eigenvalue weighted by atomic mass is 10.3. The van der Waals surface area contributed by atoms with E-state index in [1.165, 1.54) is 0 Å². The van der Waals surface area contributed by atoms with E-state index in [9.17, 15) is 9.59 Å². The second-order valence-electron chi connectivity index (χ2n) is 2.79. The molecule has 1 atom stereocenters. The molecule has 0 radical (unpaired) electrons. The molecule has 7 heteroatoms. The van der Waals surface area contributed by atoms with Crippen LogP contribution in [-0.2, 0) is 14.3 Å². The summed E-state index contributed by atoms with van der Waals surface area (Å²) in [6.07, 6.45) is 0. The lowest BCUT2D eigenvalue weighted by molar-refractivity contribution is -0.143. The van der Waals surface area contributed by atoms with Crippen molar-refractivity contribution in [2.24, 2.45) is 0 Å². The molecular weight excluding hydrogens is 240 g/mol. The van der Waals surface area contributed by atoms with Crippen LogP contribution in [0.1, 0.15) is 6.92 Å². The van der Waals surface area contributed by atoms with Crippen LogP contribution >= 0.6 is 24.2 Å². The fraction of sp³-hybridized carbons (Fsp3) is 0.750. The molecule has 0 aromatic carbocycles. The van der Waals surface area contributed by atoms with E-state index in [1.54, 1.807) is 18.7 Å². The van der Waals surface area contributed by atoms with E-state index in [2.05, 4.69) is 15.4 Å². The smallest absolute Gasteiger partial charge is 0.325 e. The molecule has 0 saturated carbocycles. The number of ether oxygens (including phenoxy) is 1. The van der Waals surface area contributed by atoms with E-state index in [0.717, 1.165) is 11.6 Å². The third kappa shape index (κ3) is 5.25. The average molecular weight is 255 g/mol. The van der Waals surface area contributed by atoms with Crippen LogP contribution in [0.2, 0.25) is 0 Å². The summed E-state index contributed by atoms with van der Waals surface area (Å²) in [5.74, 6) is 1.01. The van der Waals surface area contributed by atoms with Gasteiger partial charge in [-0.25, -0.2) is 0 Å². The minimum Gasteiger partial charge on any atom is -0.465 e. The molecule has 15 heavy (non-hydrogen) atoms. The van der Waals surface area contributed by atoms with Gasteiger partial charge in [-0.05, 0) is 6.92 Å². The van der Waals surface area contributed by atoms with Crippen molar-refractivity contribution < 1.29 is 14.3 Å². The molecule has 1 aliphatic rings. The zero-order valence-corrected chi connectivity index (χ0v) is 10.1. The average Bonchev–Trinajstić information content (AvgIpc) is 2.67. The van der Waals surface area contributed by atoms with E-state index in [0.29, 0.717) is 6.61 Å². The molecule has 5 nitrogen and oxygen atoms in total. The Kier molecular flexibility index (Phi) is 7.54. The molecule has 0 aromatic rings. The van der Waals surface area contributed by atoms with Crippen molar-refractivity contribution in [2.75, 3.05) is 24.8 Å². The number of thioether (sulfide) groups is 1. The van der Waals surface area contributed by atoms with Crippen LogP contribution in [0.3, 0.4) is 0 Å². The molecule has 1 unspecified atom stereocenters. The Hall–Kier alpha value is -0.460. The summed E-state index contributed by atoms with van der Waals surface area (Å²) in [5.41, 5.74) is 0. The summed E-state index contributed by atoms with van der Waals surface area (Å²) in [5, 5.41) is 5.53. The zero-order chi connectivity index (χ0) is 10.4. The van der Waals surface area contributed by atoms with Gasteiger partial charge in [0.1, 0.15) is 6.54 Å². The maximum Gasteiger partial charge on any atom is 0.325 e. The second-order valence-corrected chi connectivity index (χ2v) is 3.82. The number of hydrogen-bond donors (Lipinski definition) is 2. The molecule has 0 bridgehead atoms. The Morgan fingerprint density at radius 1 is 1.60 bits per heavy atom. The maximum absolute atomic E-state index is 11.4. The number of hydrogen-bond acceptors (Lipinski definition) is 5. The summed E-state index contributed by atoms with van der Waals surface area (Å²) in [6.45, 7) is 2.02. The molecule has 1 amide bonds. The third-order valence-electron chi connectivity index (χ3n) is 1.75. The molecule has 2 N–H and O–H groups in total. The van der Waals surface area contributed by atoms with Gasteiger partial charge in [0.2, 0.25) is 5.91 Å². The Balaban J connectivity index is 0.00000196. The molecular formula is C8H15ClN2O3S. The predicted octanol–water partition coefficient (Wildman–Crippen LogP) is -0.250. The number of carbonyl (C=O) groups is 2. The number of amides is 1. The van der Waals surface area contributed by atoms with Crippen LogP contribution in [0.4, 0.5) is 0 Å². The minimum atomic E-state index is -0.397. The van der Waals surface area contributed by atoms with Gasteiger partial charge in [-0.2, -0.15) is 0 Å². The van der Waals surface area contributed by atoms with E-state index in [4.69, 9.17) is 0 Å². The van der Waals surface area contributed by atoms with Crippen molar-refractivity contribution >= 4 is 36.0 Å². The monoisotopic (exact) mass is 254 g/mol. The quantitative estimate of drug-likeness (QED) is 0.678. The lowest BCUT2D eigenvalue weighted by Crippen LogP contribution is -2.44. The van der Waals surface area contributed by atoms with Gasteiger partial charge in [0.25, 0.3) is 0 Å². The highest BCUT2D eigenvalue weighted by Crippen LogP contribution is 2.08. The van der Waals surface area contributed by atoms with Crippen molar-refractivity contribution in [3.63, 3.8) is 0 Å². The number of esters is 1. The van der Waals surface area contributed by atoms with Crippen LogP contribution in [0.25, 0.3) is 0 Å². The standard InChI is InChI=1S/C8H14N2O3S.ClH/c1-2-13-7(11)3-9-8(12)6-4-14-5-10-6;/h6,10H,2-5H2,1H3,(H,9,12);1H. The van der Waals surface area contributed by atoms with Crippen LogP contribution in [0.5, 0.6) is 0 Å². The number of carbonyl (C=O) groups excluding carboxylic acids is 2. The van der Waals surface area contributed by atoms with Gasteiger partial charge in [-0.1, -0.05) is 0 Å². The first-order valence-corrected chi connectivity index (χ1v) is 5.64. The number of nitrogens with one attached hydrogen (secondary N) is 2. The van der Waals surface area contributed by atoms with E-state index >= 15 is 0 Å². The van der Waals surface area contributed by atoms with E-state index in [-0.39, 0.29) is 30.9 Å². The van der Waals surface area contributed by atoms with Gasteiger partial charge in [-0.3, -0.25) is 14.9 Å². The second kappa shape index (κ2) is 7.78. The molecule has 0 aliphatic carbocycles. The summed E-state index contributed by atoms with van der Waals surface area (Å²) in [7, 11) is 0. The van der Waals surface area contributed by atoms with E-state index < -0.39 is 5.97 Å². The SMILES string of the molecule is CCOC(=O)CNC(=O)C1CSCN1.Cl. The van der Waals surface area contributed by atoms with Gasteiger partial charge < -0.3 is 10.1 Å². The van der Waals surface area contributed by atoms with Gasteiger partial charge in [0.15, 0.2) is 0 Å². The molecule has 1 aliphatic heterocycles. The van der Waals surface area contributed by atoms with Crippen LogP contribution < -0.4 is 10.6 Å². The van der Waals surface area contributed by atoms with Crippen molar-refractivity contribution in [1.29, 1.82) is 0 Å². The molecule has 88 valence electrons. The van der Waals surface area contributed by atoms with Crippen LogP contribution in [0.15, 0.2) is 0 Å². The van der Waals surface area contributed by atoms with Gasteiger partial charge in [0, 0.05) is 11.6 Å². The fourth-order valence-corrected chi connectivity index (χ4v) is 2.00. The highest BCUT2D eigenvalue weighted by Gasteiger charge is 2.22. The Morgan fingerprint density at radius 2 is 2.33 bits per heavy atom. The topological polar surface area (TPSA) is 67.4 Å². The van der Waals surface area contributed by atoms with E-state index in [1.807, 2.05) is 0 Å². The molecule has 1 heterocycles. The fourth-order valence-electron chi connectivity index (χ4n) is 1.06. The summed E-state index contributed by atoms with van der Waals surface area (Å²) in [4.78, 5) is 22.3. The van der Waals surface area contributed by atoms with Crippen LogP contribution in [-0.4, -0.2) is 42.7 Å². The maximum atomic E-state index is 11.4. The Morgan fingerprint density at radius 3 is 2.87 bits per heavy atom.